The summed E-state index contributed by atoms with van der Waals surface area (Å²) in [6.45, 7) is -0.110. The van der Waals surface area contributed by atoms with E-state index in [9.17, 15) is 31.5 Å². The third kappa shape index (κ3) is 4.41. The van der Waals surface area contributed by atoms with Gasteiger partial charge in [-0.25, -0.2) is 18.3 Å². The molecule has 168 valence electrons. The number of benzene rings is 2. The molecule has 0 radical (unpaired) electrons. The standard InChI is InChI=1S/C21H17F5N4O2/c22-16-7-4-13(11-17(16)23)19(31)27-8-9-29-20(32)30(15-5-6-15)18(28-29)12-2-1-3-14(10-12)21(24,25)26/h1-4,7,10-11,15H,5-6,8-9H2,(H,27,31). The van der Waals surface area contributed by atoms with Crippen LogP contribution in [0, 0.1) is 11.6 Å². The molecule has 0 bridgehead atoms. The van der Waals surface area contributed by atoms with Gasteiger partial charge in [-0.2, -0.15) is 13.2 Å². The Hall–Kier alpha value is -3.50. The molecule has 0 aliphatic heterocycles. The number of nitrogens with zero attached hydrogens (tertiary/aromatic N) is 3. The Labute approximate surface area is 178 Å². The maximum Gasteiger partial charge on any atom is 0.416 e. The molecule has 0 spiro atoms. The van der Waals surface area contributed by atoms with E-state index in [-0.39, 0.29) is 36.1 Å². The van der Waals surface area contributed by atoms with Gasteiger partial charge in [0.15, 0.2) is 17.5 Å². The van der Waals surface area contributed by atoms with Crippen LogP contribution >= 0.6 is 0 Å². The van der Waals surface area contributed by atoms with Crippen LogP contribution in [0.5, 0.6) is 0 Å². The molecule has 1 N–H and O–H groups in total. The maximum atomic E-state index is 13.3. The molecule has 2 aromatic carbocycles. The second-order valence-electron chi connectivity index (χ2n) is 7.39. The van der Waals surface area contributed by atoms with E-state index in [4.69, 9.17) is 0 Å². The molecule has 6 nitrogen and oxygen atoms in total. The van der Waals surface area contributed by atoms with Crippen molar-refractivity contribution in [2.45, 2.75) is 31.6 Å². The van der Waals surface area contributed by atoms with Gasteiger partial charge in [0.25, 0.3) is 5.91 Å². The van der Waals surface area contributed by atoms with Gasteiger partial charge in [0.2, 0.25) is 0 Å². The number of hydrogen-bond acceptors (Lipinski definition) is 3. The molecule has 4 rings (SSSR count). The zero-order valence-corrected chi connectivity index (χ0v) is 16.5. The average Bonchev–Trinajstić information content (AvgIpc) is 3.53. The van der Waals surface area contributed by atoms with Gasteiger partial charge in [0, 0.05) is 23.7 Å². The molecular weight excluding hydrogens is 435 g/mol. The third-order valence-corrected chi connectivity index (χ3v) is 5.02. The molecule has 1 aromatic heterocycles. The molecule has 1 aliphatic rings. The molecule has 11 heteroatoms. The monoisotopic (exact) mass is 452 g/mol. The van der Waals surface area contributed by atoms with Crippen LogP contribution in [0.2, 0.25) is 0 Å². The van der Waals surface area contributed by atoms with E-state index < -0.39 is 35.0 Å². The van der Waals surface area contributed by atoms with E-state index >= 15 is 0 Å². The number of amides is 1. The molecule has 1 heterocycles. The lowest BCUT2D eigenvalue weighted by Gasteiger charge is -2.09. The van der Waals surface area contributed by atoms with Crippen LogP contribution in [0.25, 0.3) is 11.4 Å². The van der Waals surface area contributed by atoms with Crippen LogP contribution in [-0.4, -0.2) is 26.8 Å². The SMILES string of the molecule is O=C(NCCn1nc(-c2cccc(C(F)(F)F)c2)n(C2CC2)c1=O)c1ccc(F)c(F)c1. The summed E-state index contributed by atoms with van der Waals surface area (Å²) in [6.07, 6.45) is -3.11. The number of hydrogen-bond donors (Lipinski definition) is 1. The normalized spacial score (nSPS) is 13.9. The Balaban J connectivity index is 1.54. The van der Waals surface area contributed by atoms with E-state index in [2.05, 4.69) is 10.4 Å². The first-order valence-electron chi connectivity index (χ1n) is 9.75. The predicted octanol–water partition coefficient (Wildman–Crippen LogP) is 3.77. The van der Waals surface area contributed by atoms with Crippen LogP contribution in [0.3, 0.4) is 0 Å². The zero-order valence-electron chi connectivity index (χ0n) is 16.5. The van der Waals surface area contributed by atoms with E-state index in [1.54, 1.807) is 0 Å². The minimum Gasteiger partial charge on any atom is -0.350 e. The summed E-state index contributed by atoms with van der Waals surface area (Å²) in [6, 6.07) is 7.14. The van der Waals surface area contributed by atoms with E-state index in [1.807, 2.05) is 0 Å². The van der Waals surface area contributed by atoms with Gasteiger partial charge in [-0.15, -0.1) is 5.10 Å². The first-order valence-corrected chi connectivity index (χ1v) is 9.75. The van der Waals surface area contributed by atoms with Gasteiger partial charge in [0.05, 0.1) is 12.1 Å². The summed E-state index contributed by atoms with van der Waals surface area (Å²) in [5, 5.41) is 6.68. The number of carbonyl (C=O) groups is 1. The van der Waals surface area contributed by atoms with Crippen molar-refractivity contribution < 1.29 is 26.7 Å². The lowest BCUT2D eigenvalue weighted by atomic mass is 10.1. The number of halogens is 5. The Bertz CT molecular complexity index is 1230. The molecule has 1 fully saturated rings. The summed E-state index contributed by atoms with van der Waals surface area (Å²) in [4.78, 5) is 24.9. The second-order valence-corrected chi connectivity index (χ2v) is 7.39. The quantitative estimate of drug-likeness (QED) is 0.579. The van der Waals surface area contributed by atoms with Gasteiger partial charge in [-0.05, 0) is 43.2 Å². The largest absolute Gasteiger partial charge is 0.416 e. The molecule has 1 saturated carbocycles. The van der Waals surface area contributed by atoms with E-state index in [0.29, 0.717) is 12.8 Å². The summed E-state index contributed by atoms with van der Waals surface area (Å²) < 4.78 is 68.0. The lowest BCUT2D eigenvalue weighted by molar-refractivity contribution is -0.137. The van der Waals surface area contributed by atoms with Gasteiger partial charge >= 0.3 is 11.9 Å². The summed E-state index contributed by atoms with van der Waals surface area (Å²) in [5.74, 6) is -2.80. The maximum absolute atomic E-state index is 13.3. The Morgan fingerprint density at radius 1 is 1.09 bits per heavy atom. The highest BCUT2D eigenvalue weighted by Crippen LogP contribution is 2.37. The average molecular weight is 452 g/mol. The molecular formula is C21H17F5N4O2. The van der Waals surface area contributed by atoms with Crippen molar-refractivity contribution >= 4 is 5.91 Å². The fourth-order valence-corrected chi connectivity index (χ4v) is 3.27. The van der Waals surface area contributed by atoms with Crippen molar-refractivity contribution in [2.75, 3.05) is 6.54 Å². The van der Waals surface area contributed by atoms with Gasteiger partial charge < -0.3 is 5.32 Å². The number of nitrogens with one attached hydrogen (secondary N) is 1. The van der Waals surface area contributed by atoms with Crippen molar-refractivity contribution in [3.05, 3.63) is 75.7 Å². The van der Waals surface area contributed by atoms with Crippen molar-refractivity contribution in [2.24, 2.45) is 0 Å². The molecule has 32 heavy (non-hydrogen) atoms. The first-order chi connectivity index (χ1) is 15.1. The highest BCUT2D eigenvalue weighted by Gasteiger charge is 2.33. The molecule has 1 aliphatic carbocycles. The van der Waals surface area contributed by atoms with Gasteiger partial charge in [0.1, 0.15) is 0 Å². The Kier molecular flexibility index (Phi) is 5.57. The van der Waals surface area contributed by atoms with Crippen LogP contribution in [-0.2, 0) is 12.7 Å². The fraction of sp³-hybridized carbons (Fsp3) is 0.286. The molecule has 0 unspecified atom stereocenters. The minimum absolute atomic E-state index is 0.0541. The van der Waals surface area contributed by atoms with E-state index in [1.165, 1.54) is 16.7 Å². The topological polar surface area (TPSA) is 68.9 Å². The lowest BCUT2D eigenvalue weighted by Crippen LogP contribution is -2.32. The fourth-order valence-electron chi connectivity index (χ4n) is 3.27. The highest BCUT2D eigenvalue weighted by molar-refractivity contribution is 5.94. The van der Waals surface area contributed by atoms with Crippen LogP contribution in [0.1, 0.15) is 34.8 Å². The summed E-state index contributed by atoms with van der Waals surface area (Å²) >= 11 is 0. The van der Waals surface area contributed by atoms with Gasteiger partial charge in [-0.1, -0.05) is 12.1 Å². The predicted molar refractivity (Wildman–Crippen MR) is 104 cm³/mol. The number of carbonyl (C=O) groups excluding carboxylic acids is 1. The van der Waals surface area contributed by atoms with E-state index in [0.717, 1.165) is 35.0 Å². The first kappa shape index (κ1) is 21.7. The smallest absolute Gasteiger partial charge is 0.350 e. The summed E-state index contributed by atoms with van der Waals surface area (Å²) in [7, 11) is 0. The highest BCUT2D eigenvalue weighted by atomic mass is 19.4. The van der Waals surface area contributed by atoms with Crippen LogP contribution in [0.4, 0.5) is 22.0 Å². The number of aromatic nitrogens is 3. The van der Waals surface area contributed by atoms with Crippen molar-refractivity contribution in [3.63, 3.8) is 0 Å². The third-order valence-electron chi connectivity index (χ3n) is 5.02. The molecule has 1 amide bonds. The summed E-state index contributed by atoms with van der Waals surface area (Å²) in [5.41, 5.74) is -1.28. The molecule has 0 saturated heterocycles. The van der Waals surface area contributed by atoms with Crippen molar-refractivity contribution in [1.82, 2.24) is 19.7 Å². The molecule has 3 aromatic rings. The zero-order chi connectivity index (χ0) is 23.0. The van der Waals surface area contributed by atoms with Crippen molar-refractivity contribution in [3.8, 4) is 11.4 Å². The number of alkyl halides is 3. The Morgan fingerprint density at radius 2 is 1.84 bits per heavy atom. The van der Waals surface area contributed by atoms with Gasteiger partial charge in [-0.3, -0.25) is 9.36 Å². The Morgan fingerprint density at radius 3 is 2.50 bits per heavy atom. The number of rotatable bonds is 6. The van der Waals surface area contributed by atoms with Crippen molar-refractivity contribution in [1.29, 1.82) is 0 Å². The van der Waals surface area contributed by atoms with Crippen LogP contribution < -0.4 is 11.0 Å². The van der Waals surface area contributed by atoms with Crippen LogP contribution in [0.15, 0.2) is 47.3 Å². The second kappa shape index (κ2) is 8.21. The molecule has 0 atom stereocenters. The minimum atomic E-state index is -4.53.